The fourth-order valence-corrected chi connectivity index (χ4v) is 3.55. The number of ether oxygens (including phenoxy) is 1. The Hall–Kier alpha value is -2.67. The van der Waals surface area contributed by atoms with E-state index in [1.54, 1.807) is 0 Å². The van der Waals surface area contributed by atoms with Crippen LogP contribution < -0.4 is 26.5 Å². The topological polar surface area (TPSA) is 116 Å². The SMILES string of the molecule is CCC1(Oc2ccc(N)c(C(=[NH2+])c3cc(N4CC[C@H](N)C4)ncn3)c2)CC1. The van der Waals surface area contributed by atoms with Crippen molar-refractivity contribution < 1.29 is 10.1 Å². The minimum Gasteiger partial charge on any atom is -0.487 e. The van der Waals surface area contributed by atoms with Gasteiger partial charge in [0.1, 0.15) is 29.2 Å². The number of hydrogen-bond donors (Lipinski definition) is 3. The summed E-state index contributed by atoms with van der Waals surface area (Å²) in [7, 11) is 0. The Balaban J connectivity index is 1.59. The molecule has 142 valence electrons. The zero-order chi connectivity index (χ0) is 19.0. The Morgan fingerprint density at radius 3 is 2.81 bits per heavy atom. The Morgan fingerprint density at radius 2 is 2.15 bits per heavy atom. The minimum atomic E-state index is -0.0151. The lowest BCUT2D eigenvalue weighted by Gasteiger charge is -2.18. The molecule has 4 rings (SSSR count). The van der Waals surface area contributed by atoms with Crippen molar-refractivity contribution in [3.05, 3.63) is 41.9 Å². The Morgan fingerprint density at radius 1 is 1.33 bits per heavy atom. The van der Waals surface area contributed by atoms with Crippen molar-refractivity contribution in [3.63, 3.8) is 0 Å². The van der Waals surface area contributed by atoms with Crippen LogP contribution in [0.1, 0.15) is 43.9 Å². The van der Waals surface area contributed by atoms with Crippen molar-refractivity contribution in [1.29, 1.82) is 0 Å². The van der Waals surface area contributed by atoms with Crippen molar-refractivity contribution in [1.82, 2.24) is 9.97 Å². The van der Waals surface area contributed by atoms with Crippen LogP contribution in [0.2, 0.25) is 0 Å². The van der Waals surface area contributed by atoms with Crippen molar-refractivity contribution in [3.8, 4) is 5.75 Å². The molecule has 0 unspecified atom stereocenters. The summed E-state index contributed by atoms with van der Waals surface area (Å²) < 4.78 is 6.18. The fourth-order valence-electron chi connectivity index (χ4n) is 3.55. The molecule has 0 bridgehead atoms. The first kappa shape index (κ1) is 17.7. The first-order valence-corrected chi connectivity index (χ1v) is 9.54. The van der Waals surface area contributed by atoms with Gasteiger partial charge in [-0.2, -0.15) is 0 Å². The summed E-state index contributed by atoms with van der Waals surface area (Å²) in [6, 6.07) is 7.73. The van der Waals surface area contributed by atoms with Crippen molar-refractivity contribution in [2.24, 2.45) is 5.73 Å². The summed E-state index contributed by atoms with van der Waals surface area (Å²) in [6.45, 7) is 3.83. The molecule has 0 radical (unpaired) electrons. The zero-order valence-corrected chi connectivity index (χ0v) is 15.7. The second-order valence-corrected chi connectivity index (χ2v) is 7.56. The number of nitrogens with two attached hydrogens (primary N) is 3. The van der Waals surface area contributed by atoms with E-state index >= 15 is 0 Å². The summed E-state index contributed by atoms with van der Waals surface area (Å²) in [5, 5.41) is 6.44. The van der Waals surface area contributed by atoms with Gasteiger partial charge in [-0.25, -0.2) is 9.97 Å². The van der Waals surface area contributed by atoms with E-state index in [2.05, 4.69) is 21.8 Å². The average Bonchev–Trinajstić information content (AvgIpc) is 3.33. The number of benzene rings is 1. The first-order valence-electron chi connectivity index (χ1n) is 9.54. The van der Waals surface area contributed by atoms with Gasteiger partial charge in [-0.15, -0.1) is 0 Å². The average molecular weight is 367 g/mol. The highest BCUT2D eigenvalue weighted by molar-refractivity contribution is 6.11. The summed E-state index contributed by atoms with van der Waals surface area (Å²) in [4.78, 5) is 10.9. The van der Waals surface area contributed by atoms with E-state index in [-0.39, 0.29) is 11.6 Å². The van der Waals surface area contributed by atoms with E-state index in [1.807, 2.05) is 24.3 Å². The molecule has 2 aromatic rings. The maximum Gasteiger partial charge on any atom is 0.232 e. The predicted molar refractivity (Wildman–Crippen MR) is 106 cm³/mol. The quantitative estimate of drug-likeness (QED) is 0.506. The number of nitrogens with zero attached hydrogens (tertiary/aromatic N) is 3. The molecule has 1 aliphatic carbocycles. The van der Waals surface area contributed by atoms with Crippen molar-refractivity contribution in [2.75, 3.05) is 23.7 Å². The third-order valence-electron chi connectivity index (χ3n) is 5.58. The summed E-state index contributed by atoms with van der Waals surface area (Å²) in [5.41, 5.74) is 14.7. The fraction of sp³-hybridized carbons (Fsp3) is 0.450. The molecule has 1 aliphatic heterocycles. The molecule has 1 saturated heterocycles. The molecule has 1 aromatic carbocycles. The molecule has 2 heterocycles. The highest BCUT2D eigenvalue weighted by atomic mass is 16.5. The van der Waals surface area contributed by atoms with Gasteiger partial charge in [-0.1, -0.05) is 6.92 Å². The molecule has 2 fully saturated rings. The van der Waals surface area contributed by atoms with Gasteiger partial charge in [0.05, 0.1) is 5.56 Å². The molecular formula is C20H27N6O+. The molecule has 1 saturated carbocycles. The van der Waals surface area contributed by atoms with Gasteiger partial charge in [-0.3, -0.25) is 5.41 Å². The van der Waals surface area contributed by atoms with Gasteiger partial charge < -0.3 is 21.1 Å². The van der Waals surface area contributed by atoms with E-state index < -0.39 is 0 Å². The Bertz CT molecular complexity index is 863. The van der Waals surface area contributed by atoms with Crippen LogP contribution in [0.4, 0.5) is 11.5 Å². The maximum absolute atomic E-state index is 6.44. The molecule has 7 heteroatoms. The molecule has 7 nitrogen and oxygen atoms in total. The van der Waals surface area contributed by atoms with Crippen molar-refractivity contribution in [2.45, 2.75) is 44.2 Å². The molecule has 1 atom stereocenters. The molecule has 0 spiro atoms. The molecule has 2 aliphatic rings. The second kappa shape index (κ2) is 6.81. The van der Waals surface area contributed by atoms with Gasteiger partial charge >= 0.3 is 0 Å². The lowest BCUT2D eigenvalue weighted by molar-refractivity contribution is -0.111. The third kappa shape index (κ3) is 3.60. The Kier molecular flexibility index (Phi) is 4.47. The van der Waals surface area contributed by atoms with Gasteiger partial charge in [0.25, 0.3) is 0 Å². The lowest BCUT2D eigenvalue weighted by Crippen LogP contribution is -2.42. The van der Waals surface area contributed by atoms with Crippen LogP contribution in [0.5, 0.6) is 5.75 Å². The third-order valence-corrected chi connectivity index (χ3v) is 5.58. The predicted octanol–water partition coefficient (Wildman–Crippen LogP) is 0.514. The van der Waals surface area contributed by atoms with E-state index in [9.17, 15) is 0 Å². The van der Waals surface area contributed by atoms with Gasteiger partial charge in [0.15, 0.2) is 0 Å². The normalized spacial score (nSPS) is 20.5. The molecule has 0 amide bonds. The highest BCUT2D eigenvalue weighted by Gasteiger charge is 2.43. The van der Waals surface area contributed by atoms with Crippen LogP contribution >= 0.6 is 0 Å². The standard InChI is InChI=1S/C20H26N6O/c1-2-20(6-7-20)27-14-3-4-16(22)15(9-14)19(23)17-10-18(25-12-24-17)26-8-5-13(21)11-26/h3-4,9-10,12-13,23H,2,5-8,11,21-22H2,1H3/p+1/t13-/m0/s1. The second-order valence-electron chi connectivity index (χ2n) is 7.56. The minimum absolute atomic E-state index is 0.0151. The van der Waals surface area contributed by atoms with Crippen molar-refractivity contribution >= 4 is 17.2 Å². The van der Waals surface area contributed by atoms with Crippen LogP contribution in [-0.4, -0.2) is 40.4 Å². The van der Waals surface area contributed by atoms with Crippen LogP contribution in [0, 0.1) is 0 Å². The highest BCUT2D eigenvalue weighted by Crippen LogP contribution is 2.43. The monoisotopic (exact) mass is 367 g/mol. The molecule has 6 N–H and O–H groups in total. The number of anilines is 2. The summed E-state index contributed by atoms with van der Waals surface area (Å²) in [5.74, 6) is 1.63. The molecular weight excluding hydrogens is 340 g/mol. The first-order chi connectivity index (χ1) is 13.0. The van der Waals surface area contributed by atoms with Gasteiger partial charge in [0.2, 0.25) is 5.71 Å². The largest absolute Gasteiger partial charge is 0.487 e. The zero-order valence-electron chi connectivity index (χ0n) is 15.7. The van der Waals surface area contributed by atoms with Crippen LogP contribution in [0.25, 0.3) is 0 Å². The number of rotatable bonds is 6. The number of nitrogen functional groups attached to an aromatic ring is 1. The maximum atomic E-state index is 6.44. The number of aromatic nitrogens is 2. The molecule has 1 aromatic heterocycles. The van der Waals surface area contributed by atoms with Gasteiger partial charge in [-0.05, 0) is 43.9 Å². The van der Waals surface area contributed by atoms with Crippen LogP contribution in [0.15, 0.2) is 30.6 Å². The van der Waals surface area contributed by atoms with E-state index in [0.29, 0.717) is 17.1 Å². The van der Waals surface area contributed by atoms with E-state index in [0.717, 1.165) is 55.9 Å². The van der Waals surface area contributed by atoms with Crippen LogP contribution in [-0.2, 0) is 0 Å². The summed E-state index contributed by atoms with van der Waals surface area (Å²) >= 11 is 0. The van der Waals surface area contributed by atoms with Crippen LogP contribution in [0.3, 0.4) is 0 Å². The van der Waals surface area contributed by atoms with E-state index in [4.69, 9.17) is 21.6 Å². The summed E-state index contributed by atoms with van der Waals surface area (Å²) in [6.07, 6.45) is 5.68. The van der Waals surface area contributed by atoms with Gasteiger partial charge in [0, 0.05) is 30.9 Å². The Labute approximate surface area is 159 Å². The lowest BCUT2D eigenvalue weighted by atomic mass is 10.0. The number of hydrogen-bond acceptors (Lipinski definition) is 6. The van der Waals surface area contributed by atoms with E-state index in [1.165, 1.54) is 6.33 Å². The molecule has 27 heavy (non-hydrogen) atoms. The smallest absolute Gasteiger partial charge is 0.232 e.